The SMILES string of the molecule is COc1ccc(Nc2nc(NC3CCC(O)CC3)c(Cl)nc2-c2c(N)[nH]c3ccccc23)cc1N1CCC(=O)CC1. The van der Waals surface area contributed by atoms with Gasteiger partial charge < -0.3 is 36.1 Å². The number of nitrogen functional groups attached to an aromatic ring is 1. The largest absolute Gasteiger partial charge is 0.495 e. The third kappa shape index (κ3) is 5.62. The average molecular weight is 576 g/mol. The van der Waals surface area contributed by atoms with Gasteiger partial charge in [-0.2, -0.15) is 0 Å². The summed E-state index contributed by atoms with van der Waals surface area (Å²) < 4.78 is 5.66. The smallest absolute Gasteiger partial charge is 0.172 e. The van der Waals surface area contributed by atoms with Gasteiger partial charge in [-0.3, -0.25) is 4.79 Å². The molecule has 2 aromatic heterocycles. The molecule has 0 radical (unpaired) electrons. The molecule has 11 heteroatoms. The van der Waals surface area contributed by atoms with Crippen LogP contribution >= 0.6 is 11.6 Å². The lowest BCUT2D eigenvalue weighted by atomic mass is 9.93. The van der Waals surface area contributed by atoms with Crippen LogP contribution in [0.5, 0.6) is 5.75 Å². The van der Waals surface area contributed by atoms with E-state index in [1.807, 2.05) is 42.5 Å². The molecule has 0 unspecified atom stereocenters. The molecule has 6 N–H and O–H groups in total. The molecule has 0 spiro atoms. The van der Waals surface area contributed by atoms with Crippen molar-refractivity contribution in [3.8, 4) is 17.0 Å². The number of ether oxygens (including phenoxy) is 1. The number of rotatable bonds is 7. The van der Waals surface area contributed by atoms with Crippen LogP contribution in [-0.4, -0.2) is 58.2 Å². The van der Waals surface area contributed by atoms with Crippen LogP contribution in [-0.2, 0) is 4.79 Å². The second kappa shape index (κ2) is 11.5. The zero-order chi connectivity index (χ0) is 28.5. The maximum Gasteiger partial charge on any atom is 0.172 e. The van der Waals surface area contributed by atoms with Gasteiger partial charge in [-0.15, -0.1) is 0 Å². The summed E-state index contributed by atoms with van der Waals surface area (Å²) in [6.07, 6.45) is 3.87. The van der Waals surface area contributed by atoms with Crippen LogP contribution in [0.3, 0.4) is 0 Å². The predicted octanol–water partition coefficient (Wildman–Crippen LogP) is 5.50. The molecule has 1 saturated heterocycles. The van der Waals surface area contributed by atoms with E-state index in [-0.39, 0.29) is 23.1 Å². The molecule has 2 aromatic carbocycles. The van der Waals surface area contributed by atoms with Gasteiger partial charge in [0.1, 0.15) is 23.0 Å². The minimum atomic E-state index is -0.263. The molecule has 0 amide bonds. The number of nitrogens with zero attached hydrogens (tertiary/aromatic N) is 3. The van der Waals surface area contributed by atoms with Crippen molar-refractivity contribution in [3.05, 3.63) is 47.6 Å². The lowest BCUT2D eigenvalue weighted by Crippen LogP contribution is -2.33. The Kier molecular flexibility index (Phi) is 7.59. The monoisotopic (exact) mass is 575 g/mol. The number of hydrogen-bond donors (Lipinski definition) is 5. The standard InChI is InChI=1S/C30H34ClN7O3/c1-41-24-11-8-18(16-23(24)38-14-12-20(40)13-15-38)34-29-26(25-21-4-2-3-5-22(21)35-28(25)32)36-27(31)30(37-29)33-17-6-9-19(39)10-7-17/h2-5,8,11,16-17,19,35,39H,6-7,9-10,12-15,32H2,1H3,(H2,33,34,37). The number of aromatic amines is 1. The van der Waals surface area contributed by atoms with Crippen molar-refractivity contribution < 1.29 is 14.6 Å². The molecule has 10 nitrogen and oxygen atoms in total. The fourth-order valence-corrected chi connectivity index (χ4v) is 5.93. The number of para-hydroxylation sites is 1. The summed E-state index contributed by atoms with van der Waals surface area (Å²) in [5.41, 5.74) is 10.3. The first kappa shape index (κ1) is 27.2. The number of aromatic nitrogens is 3. The van der Waals surface area contributed by atoms with Gasteiger partial charge in [0.15, 0.2) is 16.8 Å². The number of piperidine rings is 1. The van der Waals surface area contributed by atoms with Gasteiger partial charge in [-0.05, 0) is 49.9 Å². The summed E-state index contributed by atoms with van der Waals surface area (Å²) in [5.74, 6) is 2.44. The third-order valence-electron chi connectivity index (χ3n) is 7.97. The molecule has 2 fully saturated rings. The highest BCUT2D eigenvalue weighted by molar-refractivity contribution is 6.32. The number of nitrogens with one attached hydrogen (secondary N) is 3. The molecule has 41 heavy (non-hydrogen) atoms. The number of aliphatic hydroxyl groups is 1. The van der Waals surface area contributed by atoms with Gasteiger partial charge in [0.25, 0.3) is 0 Å². The van der Waals surface area contributed by atoms with Crippen LogP contribution in [0.25, 0.3) is 22.2 Å². The highest BCUT2D eigenvalue weighted by Crippen LogP contribution is 2.41. The van der Waals surface area contributed by atoms with Crippen LogP contribution in [0.1, 0.15) is 38.5 Å². The summed E-state index contributed by atoms with van der Waals surface area (Å²) >= 11 is 6.74. The highest BCUT2D eigenvalue weighted by Gasteiger charge is 2.25. The lowest BCUT2D eigenvalue weighted by molar-refractivity contribution is -0.119. The minimum absolute atomic E-state index is 0.136. The second-order valence-electron chi connectivity index (χ2n) is 10.7. The molecule has 1 aliphatic heterocycles. The Bertz CT molecular complexity index is 1570. The molecule has 4 aromatic rings. The fraction of sp³-hybridized carbons (Fsp3) is 0.367. The number of aliphatic hydroxyl groups excluding tert-OH is 1. The molecule has 214 valence electrons. The molecular formula is C30H34ClN7O3. The number of benzene rings is 2. The van der Waals surface area contributed by atoms with Crippen LogP contribution in [0.15, 0.2) is 42.5 Å². The molecule has 6 rings (SSSR count). The van der Waals surface area contributed by atoms with E-state index < -0.39 is 0 Å². The van der Waals surface area contributed by atoms with E-state index in [9.17, 15) is 9.90 Å². The number of H-pyrrole nitrogens is 1. The number of ketones is 1. The van der Waals surface area contributed by atoms with Crippen molar-refractivity contribution in [1.82, 2.24) is 15.0 Å². The Hall–Kier alpha value is -4.02. The molecule has 3 heterocycles. The van der Waals surface area contributed by atoms with E-state index in [1.54, 1.807) is 7.11 Å². The maximum atomic E-state index is 11.9. The second-order valence-corrected chi connectivity index (χ2v) is 11.1. The molecule has 0 bridgehead atoms. The summed E-state index contributed by atoms with van der Waals surface area (Å²) in [6.45, 7) is 1.28. The van der Waals surface area contributed by atoms with E-state index in [4.69, 9.17) is 32.0 Å². The van der Waals surface area contributed by atoms with Crippen molar-refractivity contribution in [1.29, 1.82) is 0 Å². The van der Waals surface area contributed by atoms with Crippen molar-refractivity contribution in [2.24, 2.45) is 0 Å². The van der Waals surface area contributed by atoms with Crippen molar-refractivity contribution in [2.75, 3.05) is 41.5 Å². The van der Waals surface area contributed by atoms with Crippen LogP contribution < -0.4 is 26.0 Å². The molecule has 0 atom stereocenters. The van der Waals surface area contributed by atoms with Crippen molar-refractivity contribution >= 4 is 57.1 Å². The number of fused-ring (bicyclic) bond motifs is 1. The lowest BCUT2D eigenvalue weighted by Gasteiger charge is -2.30. The number of carbonyl (C=O) groups excluding carboxylic acids is 1. The molecule has 1 saturated carbocycles. The van der Waals surface area contributed by atoms with E-state index in [0.29, 0.717) is 54.6 Å². The normalized spacial score (nSPS) is 19.4. The maximum absolute atomic E-state index is 11.9. The van der Waals surface area contributed by atoms with Gasteiger partial charge >= 0.3 is 0 Å². The van der Waals surface area contributed by atoms with E-state index in [2.05, 4.69) is 20.5 Å². The number of Topliss-reactive ketones (excluding diaryl/α,β-unsaturated/α-hetero) is 1. The Morgan fingerprint density at radius 1 is 1.07 bits per heavy atom. The number of anilines is 5. The number of hydrogen-bond acceptors (Lipinski definition) is 9. The van der Waals surface area contributed by atoms with Gasteiger partial charge in [-0.1, -0.05) is 29.8 Å². The number of carbonyl (C=O) groups is 1. The zero-order valence-corrected chi connectivity index (χ0v) is 23.7. The first-order valence-corrected chi connectivity index (χ1v) is 14.4. The Morgan fingerprint density at radius 3 is 2.59 bits per heavy atom. The third-order valence-corrected chi connectivity index (χ3v) is 8.23. The van der Waals surface area contributed by atoms with E-state index >= 15 is 0 Å². The topological polar surface area (TPSA) is 141 Å². The predicted molar refractivity (Wildman–Crippen MR) is 163 cm³/mol. The van der Waals surface area contributed by atoms with Crippen LogP contribution in [0.2, 0.25) is 5.15 Å². The molecule has 2 aliphatic rings. The highest BCUT2D eigenvalue weighted by atomic mass is 35.5. The number of halogens is 1. The quantitative estimate of drug-likeness (QED) is 0.193. The van der Waals surface area contributed by atoms with Crippen molar-refractivity contribution in [2.45, 2.75) is 50.7 Å². The minimum Gasteiger partial charge on any atom is -0.495 e. The summed E-state index contributed by atoms with van der Waals surface area (Å²) in [4.78, 5) is 27.0. The number of nitrogens with two attached hydrogens (primary N) is 1. The van der Waals surface area contributed by atoms with Crippen LogP contribution in [0.4, 0.5) is 28.8 Å². The summed E-state index contributed by atoms with van der Waals surface area (Å²) in [7, 11) is 1.64. The number of methoxy groups -OCH3 is 1. The summed E-state index contributed by atoms with van der Waals surface area (Å²) in [5, 5.41) is 18.0. The Balaban J connectivity index is 1.41. The summed E-state index contributed by atoms with van der Waals surface area (Å²) in [6, 6.07) is 13.8. The Morgan fingerprint density at radius 2 is 1.83 bits per heavy atom. The van der Waals surface area contributed by atoms with Crippen LogP contribution in [0, 0.1) is 0 Å². The van der Waals surface area contributed by atoms with Gasteiger partial charge in [0, 0.05) is 48.6 Å². The Labute approximate surface area is 243 Å². The van der Waals surface area contributed by atoms with Gasteiger partial charge in [0.2, 0.25) is 0 Å². The van der Waals surface area contributed by atoms with Gasteiger partial charge in [0.05, 0.1) is 24.5 Å². The first-order chi connectivity index (χ1) is 19.9. The molecule has 1 aliphatic carbocycles. The van der Waals surface area contributed by atoms with Gasteiger partial charge in [-0.25, -0.2) is 9.97 Å². The first-order valence-electron chi connectivity index (χ1n) is 14.0. The zero-order valence-electron chi connectivity index (χ0n) is 22.9. The van der Waals surface area contributed by atoms with E-state index in [0.717, 1.165) is 53.7 Å². The van der Waals surface area contributed by atoms with E-state index in [1.165, 1.54) is 0 Å². The molecular weight excluding hydrogens is 542 g/mol. The fourth-order valence-electron chi connectivity index (χ4n) is 5.75. The average Bonchev–Trinajstić information content (AvgIpc) is 3.31. The van der Waals surface area contributed by atoms with Crippen molar-refractivity contribution in [3.63, 3.8) is 0 Å².